The standard InChI is InChI=1S/C18H18F4N6O2/c1-17(2,3)28(8-13(29)30)27-16-12(19)7-25-15(26-16)11-6-24-14-10(11)4-9(5-23-14)18(20,21)22/h4-7H,8H2,1-3H3,(H,23,24)(H,29,30)(H,25,26,27). The molecule has 160 valence electrons. The summed E-state index contributed by atoms with van der Waals surface area (Å²) in [6.07, 6.45) is -1.66. The molecule has 3 aromatic heterocycles. The van der Waals surface area contributed by atoms with Crippen molar-refractivity contribution in [3.8, 4) is 11.4 Å². The normalized spacial score (nSPS) is 12.5. The van der Waals surface area contributed by atoms with Crippen LogP contribution in [0, 0.1) is 5.82 Å². The van der Waals surface area contributed by atoms with Crippen LogP contribution < -0.4 is 5.43 Å². The van der Waals surface area contributed by atoms with Gasteiger partial charge in [0, 0.05) is 28.9 Å². The van der Waals surface area contributed by atoms with Gasteiger partial charge in [0.25, 0.3) is 0 Å². The fraction of sp³-hybridized carbons (Fsp3) is 0.333. The van der Waals surface area contributed by atoms with Crippen LogP contribution in [0.1, 0.15) is 26.3 Å². The average Bonchev–Trinajstić information content (AvgIpc) is 3.04. The van der Waals surface area contributed by atoms with E-state index in [2.05, 4.69) is 25.4 Å². The average molecular weight is 426 g/mol. The van der Waals surface area contributed by atoms with E-state index in [1.165, 1.54) is 11.2 Å². The second-order valence-corrected chi connectivity index (χ2v) is 7.47. The second-order valence-electron chi connectivity index (χ2n) is 7.47. The first-order valence-electron chi connectivity index (χ1n) is 8.69. The van der Waals surface area contributed by atoms with Gasteiger partial charge in [-0.1, -0.05) is 0 Å². The monoisotopic (exact) mass is 426 g/mol. The number of rotatable bonds is 5. The predicted octanol–water partition coefficient (Wildman–Crippen LogP) is 3.69. The minimum atomic E-state index is -4.59. The summed E-state index contributed by atoms with van der Waals surface area (Å²) >= 11 is 0. The number of anilines is 1. The van der Waals surface area contributed by atoms with Crippen LogP contribution in [0.3, 0.4) is 0 Å². The van der Waals surface area contributed by atoms with Gasteiger partial charge in [0.2, 0.25) is 0 Å². The number of fused-ring (bicyclic) bond motifs is 1. The van der Waals surface area contributed by atoms with Gasteiger partial charge in [0.05, 0.1) is 11.8 Å². The molecule has 0 amide bonds. The van der Waals surface area contributed by atoms with Crippen LogP contribution >= 0.6 is 0 Å². The number of carboxylic acid groups (broad SMARTS) is 1. The summed E-state index contributed by atoms with van der Waals surface area (Å²) in [5, 5.41) is 10.5. The van der Waals surface area contributed by atoms with E-state index in [9.17, 15) is 22.4 Å². The number of carboxylic acids is 1. The molecule has 3 N–H and O–H groups in total. The van der Waals surface area contributed by atoms with Gasteiger partial charge in [-0.3, -0.25) is 10.2 Å². The quantitative estimate of drug-likeness (QED) is 0.422. The van der Waals surface area contributed by atoms with Crippen molar-refractivity contribution in [3.05, 3.63) is 36.0 Å². The Bertz CT molecular complexity index is 1090. The molecule has 0 aliphatic rings. The van der Waals surface area contributed by atoms with Gasteiger partial charge in [-0.25, -0.2) is 24.4 Å². The number of halogens is 4. The molecule has 0 fully saturated rings. The summed E-state index contributed by atoms with van der Waals surface area (Å²) in [5.74, 6) is -2.37. The molecule has 8 nitrogen and oxygen atoms in total. The number of aromatic amines is 1. The number of aromatic nitrogens is 4. The number of nitrogens with zero attached hydrogens (tertiary/aromatic N) is 4. The van der Waals surface area contributed by atoms with Crippen LogP contribution in [0.2, 0.25) is 0 Å². The lowest BCUT2D eigenvalue weighted by Crippen LogP contribution is -2.48. The van der Waals surface area contributed by atoms with Crippen LogP contribution in [0.5, 0.6) is 0 Å². The molecule has 30 heavy (non-hydrogen) atoms. The molecule has 0 saturated carbocycles. The maximum Gasteiger partial charge on any atom is 0.417 e. The van der Waals surface area contributed by atoms with Gasteiger partial charge >= 0.3 is 12.1 Å². The topological polar surface area (TPSA) is 107 Å². The third kappa shape index (κ3) is 4.48. The molecule has 12 heteroatoms. The highest BCUT2D eigenvalue weighted by molar-refractivity contribution is 5.92. The Labute approximate surface area is 167 Å². The molecule has 0 aliphatic heterocycles. The highest BCUT2D eigenvalue weighted by Gasteiger charge is 2.32. The Morgan fingerprint density at radius 1 is 1.23 bits per heavy atom. The summed E-state index contributed by atoms with van der Waals surface area (Å²) in [5.41, 5.74) is 1.34. The Hall–Kier alpha value is -3.28. The van der Waals surface area contributed by atoms with Crippen molar-refractivity contribution in [2.24, 2.45) is 0 Å². The number of carbonyl (C=O) groups is 1. The Balaban J connectivity index is 2.04. The van der Waals surface area contributed by atoms with Gasteiger partial charge < -0.3 is 10.1 Å². The molecule has 0 radical (unpaired) electrons. The van der Waals surface area contributed by atoms with Gasteiger partial charge in [0.1, 0.15) is 12.2 Å². The third-order valence-corrected chi connectivity index (χ3v) is 4.19. The Morgan fingerprint density at radius 2 is 1.93 bits per heavy atom. The fourth-order valence-electron chi connectivity index (χ4n) is 2.63. The van der Waals surface area contributed by atoms with Crippen LogP contribution in [-0.4, -0.2) is 48.1 Å². The third-order valence-electron chi connectivity index (χ3n) is 4.19. The summed E-state index contributed by atoms with van der Waals surface area (Å²) in [4.78, 5) is 25.5. The molecule has 3 aromatic rings. The summed E-state index contributed by atoms with van der Waals surface area (Å²) in [6.45, 7) is 4.70. The van der Waals surface area contributed by atoms with E-state index in [-0.39, 0.29) is 28.2 Å². The molecular weight excluding hydrogens is 408 g/mol. The van der Waals surface area contributed by atoms with Gasteiger partial charge in [-0.2, -0.15) is 13.2 Å². The highest BCUT2D eigenvalue weighted by atomic mass is 19.4. The number of hydrogen-bond acceptors (Lipinski definition) is 6. The molecule has 0 aromatic carbocycles. The number of H-pyrrole nitrogens is 1. The van der Waals surface area contributed by atoms with Gasteiger partial charge in [-0.05, 0) is 26.8 Å². The zero-order valence-electron chi connectivity index (χ0n) is 16.2. The SMILES string of the molecule is CC(C)(C)N(CC(=O)O)Nc1nc(-c2c[nH]c3ncc(C(F)(F)F)cc23)ncc1F. The lowest BCUT2D eigenvalue weighted by molar-refractivity contribution is -0.139. The van der Waals surface area contributed by atoms with Crippen molar-refractivity contribution in [1.29, 1.82) is 0 Å². The number of pyridine rings is 1. The maximum atomic E-state index is 14.3. The molecule has 0 spiro atoms. The molecule has 0 atom stereocenters. The van der Waals surface area contributed by atoms with Crippen molar-refractivity contribution in [2.75, 3.05) is 12.0 Å². The van der Waals surface area contributed by atoms with Gasteiger partial charge in [-0.15, -0.1) is 0 Å². The largest absolute Gasteiger partial charge is 0.480 e. The van der Waals surface area contributed by atoms with Crippen molar-refractivity contribution in [1.82, 2.24) is 24.9 Å². The summed E-state index contributed by atoms with van der Waals surface area (Å²) in [7, 11) is 0. The molecule has 0 unspecified atom stereocenters. The van der Waals surface area contributed by atoms with Crippen LogP contribution in [0.25, 0.3) is 22.4 Å². The second kappa shape index (κ2) is 7.52. The van der Waals surface area contributed by atoms with Crippen molar-refractivity contribution < 1.29 is 27.5 Å². The Morgan fingerprint density at radius 3 is 2.53 bits per heavy atom. The number of alkyl halides is 3. The van der Waals surface area contributed by atoms with E-state index >= 15 is 0 Å². The van der Waals surface area contributed by atoms with Crippen LogP contribution in [0.4, 0.5) is 23.4 Å². The zero-order chi connectivity index (χ0) is 22.3. The lowest BCUT2D eigenvalue weighted by Gasteiger charge is -2.34. The molecule has 3 rings (SSSR count). The summed E-state index contributed by atoms with van der Waals surface area (Å²) in [6, 6.07) is 0.903. The molecule has 3 heterocycles. The van der Waals surface area contributed by atoms with Crippen molar-refractivity contribution >= 4 is 22.8 Å². The lowest BCUT2D eigenvalue weighted by atomic mass is 10.1. The predicted molar refractivity (Wildman–Crippen MR) is 99.8 cm³/mol. The summed E-state index contributed by atoms with van der Waals surface area (Å²) < 4.78 is 53.4. The number of hydrazine groups is 1. The smallest absolute Gasteiger partial charge is 0.417 e. The van der Waals surface area contributed by atoms with Crippen molar-refractivity contribution in [3.63, 3.8) is 0 Å². The number of hydrogen-bond donors (Lipinski definition) is 3. The first-order chi connectivity index (χ1) is 13.9. The number of nitrogens with one attached hydrogen (secondary N) is 2. The Kier molecular flexibility index (Phi) is 5.37. The minimum Gasteiger partial charge on any atom is -0.480 e. The van der Waals surface area contributed by atoms with Gasteiger partial charge in [0.15, 0.2) is 17.5 Å². The van der Waals surface area contributed by atoms with E-state index < -0.39 is 35.6 Å². The van der Waals surface area contributed by atoms with Crippen molar-refractivity contribution in [2.45, 2.75) is 32.5 Å². The fourth-order valence-corrected chi connectivity index (χ4v) is 2.63. The first kappa shape index (κ1) is 21.4. The van der Waals surface area contributed by atoms with E-state index in [4.69, 9.17) is 5.11 Å². The van der Waals surface area contributed by atoms with E-state index in [0.717, 1.165) is 12.3 Å². The molecular formula is C18H18F4N6O2. The van der Waals surface area contributed by atoms with E-state index in [1.807, 2.05) is 0 Å². The highest BCUT2D eigenvalue weighted by Crippen LogP contribution is 2.33. The molecule has 0 bridgehead atoms. The zero-order valence-corrected chi connectivity index (χ0v) is 16.2. The van der Waals surface area contributed by atoms with Crippen LogP contribution in [0.15, 0.2) is 24.7 Å². The van der Waals surface area contributed by atoms with Crippen LogP contribution in [-0.2, 0) is 11.0 Å². The minimum absolute atomic E-state index is 0.0598. The maximum absolute atomic E-state index is 14.3. The number of aliphatic carboxylic acids is 1. The molecule has 0 saturated heterocycles. The molecule has 0 aliphatic carbocycles. The first-order valence-corrected chi connectivity index (χ1v) is 8.69. The van der Waals surface area contributed by atoms with E-state index in [0.29, 0.717) is 6.20 Å². The van der Waals surface area contributed by atoms with E-state index in [1.54, 1.807) is 20.8 Å².